The third kappa shape index (κ3) is 3.78. The zero-order valence-corrected chi connectivity index (χ0v) is 15.3. The molecular formula is C19H27N3O2. The standard InChI is InChI=1S/C19H27N3O2/c1-12(2)10-15-16(19(15,3)4)18(24)21-20-17(23)13-8-7-9-14(11-13)22(5)6/h7-11,15-16H,1-6H3,(H,20,23)(H,21,24). The fourth-order valence-electron chi connectivity index (χ4n) is 3.04. The topological polar surface area (TPSA) is 61.4 Å². The summed E-state index contributed by atoms with van der Waals surface area (Å²) in [5.74, 6) is -0.346. The lowest BCUT2D eigenvalue weighted by Gasteiger charge is -2.14. The summed E-state index contributed by atoms with van der Waals surface area (Å²) in [7, 11) is 3.83. The minimum absolute atomic E-state index is 0.0725. The molecule has 1 aliphatic rings. The van der Waals surface area contributed by atoms with Crippen molar-refractivity contribution in [3.8, 4) is 0 Å². The van der Waals surface area contributed by atoms with Gasteiger partial charge in [-0.3, -0.25) is 20.4 Å². The Labute approximate surface area is 144 Å². The number of hydrazine groups is 1. The number of allylic oxidation sites excluding steroid dienone is 2. The molecule has 0 bridgehead atoms. The third-order valence-electron chi connectivity index (χ3n) is 4.63. The molecule has 2 amide bonds. The van der Waals surface area contributed by atoms with E-state index >= 15 is 0 Å². The molecule has 0 spiro atoms. The number of hydrogen-bond acceptors (Lipinski definition) is 3. The van der Waals surface area contributed by atoms with Crippen molar-refractivity contribution in [1.82, 2.24) is 10.9 Å². The van der Waals surface area contributed by atoms with E-state index in [-0.39, 0.29) is 29.1 Å². The molecule has 2 N–H and O–H groups in total. The molecule has 2 rings (SSSR count). The van der Waals surface area contributed by atoms with Crippen LogP contribution in [0.2, 0.25) is 0 Å². The Morgan fingerprint density at radius 2 is 1.83 bits per heavy atom. The molecule has 0 saturated heterocycles. The van der Waals surface area contributed by atoms with E-state index in [1.807, 2.05) is 45.0 Å². The Hall–Kier alpha value is -2.30. The van der Waals surface area contributed by atoms with Gasteiger partial charge in [0.25, 0.3) is 5.91 Å². The van der Waals surface area contributed by atoms with Crippen LogP contribution < -0.4 is 15.8 Å². The number of hydrogen-bond donors (Lipinski definition) is 2. The summed E-state index contributed by atoms with van der Waals surface area (Å²) in [6.45, 7) is 8.21. The third-order valence-corrected chi connectivity index (χ3v) is 4.63. The van der Waals surface area contributed by atoms with Crippen LogP contribution in [0.25, 0.3) is 0 Å². The summed E-state index contributed by atoms with van der Waals surface area (Å²) in [5.41, 5.74) is 7.66. The molecule has 1 saturated carbocycles. The lowest BCUT2D eigenvalue weighted by atomic mass is 10.1. The second kappa shape index (κ2) is 6.67. The Kier molecular flexibility index (Phi) is 5.02. The van der Waals surface area contributed by atoms with Gasteiger partial charge in [-0.1, -0.05) is 31.6 Å². The van der Waals surface area contributed by atoms with Gasteiger partial charge in [0.05, 0.1) is 5.92 Å². The van der Waals surface area contributed by atoms with Crippen molar-refractivity contribution in [3.05, 3.63) is 41.5 Å². The van der Waals surface area contributed by atoms with E-state index in [9.17, 15) is 9.59 Å². The summed E-state index contributed by atoms with van der Waals surface area (Å²) < 4.78 is 0. The number of carbonyl (C=O) groups is 2. The average molecular weight is 329 g/mol. The van der Waals surface area contributed by atoms with Crippen LogP contribution in [0.1, 0.15) is 38.1 Å². The Morgan fingerprint density at radius 1 is 1.17 bits per heavy atom. The number of rotatable bonds is 4. The van der Waals surface area contributed by atoms with Crippen molar-refractivity contribution < 1.29 is 9.59 Å². The van der Waals surface area contributed by atoms with Crippen molar-refractivity contribution in [3.63, 3.8) is 0 Å². The maximum atomic E-state index is 12.4. The normalized spacial score (nSPS) is 20.8. The number of amides is 2. The van der Waals surface area contributed by atoms with Crippen LogP contribution in [0.4, 0.5) is 5.69 Å². The van der Waals surface area contributed by atoms with Crippen LogP contribution >= 0.6 is 0 Å². The number of anilines is 1. The van der Waals surface area contributed by atoms with Crippen LogP contribution in [-0.2, 0) is 4.79 Å². The van der Waals surface area contributed by atoms with Gasteiger partial charge in [0.1, 0.15) is 0 Å². The second-order valence-corrected chi connectivity index (χ2v) is 7.46. The SMILES string of the molecule is CC(C)=CC1C(C(=O)NNC(=O)c2cccc(N(C)C)c2)C1(C)C. The van der Waals surface area contributed by atoms with Gasteiger partial charge in [0.15, 0.2) is 0 Å². The van der Waals surface area contributed by atoms with Crippen LogP contribution in [0.15, 0.2) is 35.9 Å². The fraction of sp³-hybridized carbons (Fsp3) is 0.474. The summed E-state index contributed by atoms with van der Waals surface area (Å²) in [6, 6.07) is 7.25. The number of benzene rings is 1. The minimum atomic E-state index is -0.315. The first-order chi connectivity index (χ1) is 11.1. The van der Waals surface area contributed by atoms with E-state index in [0.717, 1.165) is 5.69 Å². The quantitative estimate of drug-likeness (QED) is 0.659. The summed E-state index contributed by atoms with van der Waals surface area (Å²) in [6.07, 6.45) is 2.13. The molecule has 24 heavy (non-hydrogen) atoms. The first kappa shape index (κ1) is 18.0. The highest BCUT2D eigenvalue weighted by Gasteiger charge is 2.60. The van der Waals surface area contributed by atoms with Crippen LogP contribution in [0, 0.1) is 17.3 Å². The van der Waals surface area contributed by atoms with Gasteiger partial charge in [0.2, 0.25) is 5.91 Å². The predicted octanol–water partition coefficient (Wildman–Crippen LogP) is 2.75. The van der Waals surface area contributed by atoms with Gasteiger partial charge < -0.3 is 4.90 Å². The first-order valence-corrected chi connectivity index (χ1v) is 8.17. The van der Waals surface area contributed by atoms with Crippen molar-refractivity contribution in [2.24, 2.45) is 17.3 Å². The highest BCUT2D eigenvalue weighted by Crippen LogP contribution is 2.59. The van der Waals surface area contributed by atoms with Crippen LogP contribution in [-0.4, -0.2) is 25.9 Å². The Morgan fingerprint density at radius 3 is 2.42 bits per heavy atom. The van der Waals surface area contributed by atoms with E-state index in [1.54, 1.807) is 12.1 Å². The first-order valence-electron chi connectivity index (χ1n) is 8.17. The fourth-order valence-corrected chi connectivity index (χ4v) is 3.04. The molecule has 0 aromatic heterocycles. The smallest absolute Gasteiger partial charge is 0.269 e. The van der Waals surface area contributed by atoms with E-state index in [4.69, 9.17) is 0 Å². The van der Waals surface area contributed by atoms with E-state index in [1.165, 1.54) is 5.57 Å². The van der Waals surface area contributed by atoms with Crippen LogP contribution in [0.5, 0.6) is 0 Å². The molecule has 0 aliphatic heterocycles. The van der Waals surface area contributed by atoms with Gasteiger partial charge in [0, 0.05) is 25.3 Å². The molecule has 5 nitrogen and oxygen atoms in total. The predicted molar refractivity (Wildman–Crippen MR) is 96.6 cm³/mol. The summed E-state index contributed by atoms with van der Waals surface area (Å²) >= 11 is 0. The Balaban J connectivity index is 1.96. The van der Waals surface area contributed by atoms with E-state index < -0.39 is 0 Å². The van der Waals surface area contributed by atoms with E-state index in [2.05, 4.69) is 30.8 Å². The zero-order chi connectivity index (χ0) is 18.1. The van der Waals surface area contributed by atoms with Gasteiger partial charge in [-0.05, 0) is 43.4 Å². The van der Waals surface area contributed by atoms with Gasteiger partial charge in [-0.15, -0.1) is 0 Å². The largest absolute Gasteiger partial charge is 0.378 e. The van der Waals surface area contributed by atoms with Gasteiger partial charge in [-0.25, -0.2) is 0 Å². The monoisotopic (exact) mass is 329 g/mol. The summed E-state index contributed by atoms with van der Waals surface area (Å²) in [4.78, 5) is 26.5. The second-order valence-electron chi connectivity index (χ2n) is 7.46. The molecule has 1 aromatic rings. The molecule has 2 unspecified atom stereocenters. The molecule has 5 heteroatoms. The van der Waals surface area contributed by atoms with Crippen molar-refractivity contribution >= 4 is 17.5 Å². The van der Waals surface area contributed by atoms with Gasteiger partial charge in [-0.2, -0.15) is 0 Å². The lowest BCUT2D eigenvalue weighted by Crippen LogP contribution is -2.43. The van der Waals surface area contributed by atoms with Crippen molar-refractivity contribution in [1.29, 1.82) is 0 Å². The molecule has 0 radical (unpaired) electrons. The maximum Gasteiger partial charge on any atom is 0.269 e. The molecule has 1 fully saturated rings. The molecule has 130 valence electrons. The highest BCUT2D eigenvalue weighted by atomic mass is 16.2. The molecule has 0 heterocycles. The minimum Gasteiger partial charge on any atom is -0.378 e. The van der Waals surface area contributed by atoms with Crippen molar-refractivity contribution in [2.75, 3.05) is 19.0 Å². The van der Waals surface area contributed by atoms with E-state index in [0.29, 0.717) is 5.56 Å². The zero-order valence-electron chi connectivity index (χ0n) is 15.3. The Bertz CT molecular complexity index is 673. The molecule has 1 aliphatic carbocycles. The highest BCUT2D eigenvalue weighted by molar-refractivity contribution is 5.96. The lowest BCUT2D eigenvalue weighted by molar-refractivity contribution is -0.123. The summed E-state index contributed by atoms with van der Waals surface area (Å²) in [5, 5.41) is 0. The van der Waals surface area contributed by atoms with Crippen LogP contribution in [0.3, 0.4) is 0 Å². The molecule has 2 atom stereocenters. The van der Waals surface area contributed by atoms with Gasteiger partial charge >= 0.3 is 0 Å². The number of nitrogens with one attached hydrogen (secondary N) is 2. The average Bonchev–Trinajstić information content (AvgIpc) is 3.04. The van der Waals surface area contributed by atoms with Crippen molar-refractivity contribution in [2.45, 2.75) is 27.7 Å². The molecule has 1 aromatic carbocycles. The molecular weight excluding hydrogens is 302 g/mol. The number of carbonyl (C=O) groups excluding carboxylic acids is 2. The maximum absolute atomic E-state index is 12.4. The number of nitrogens with zero attached hydrogens (tertiary/aromatic N) is 1.